The molecule has 0 aliphatic carbocycles. The Kier molecular flexibility index (Phi) is 3.20. The van der Waals surface area contributed by atoms with Crippen molar-refractivity contribution in [3.05, 3.63) is 36.1 Å². The molecule has 0 radical (unpaired) electrons. The highest BCUT2D eigenvalue weighted by Crippen LogP contribution is 2.38. The lowest BCUT2D eigenvalue weighted by molar-refractivity contribution is -0.144. The average Bonchev–Trinajstić information content (AvgIpc) is 3.20. The van der Waals surface area contributed by atoms with Crippen molar-refractivity contribution in [1.29, 1.82) is 0 Å². The Hall–Kier alpha value is -3.25. The van der Waals surface area contributed by atoms with Crippen LogP contribution >= 0.6 is 0 Å². The second kappa shape index (κ2) is 5.12. The van der Waals surface area contributed by atoms with Gasteiger partial charge in [0, 0.05) is 6.20 Å². The Labute approximate surface area is 138 Å². The molecule has 0 bridgehead atoms. The van der Waals surface area contributed by atoms with Crippen LogP contribution in [0.2, 0.25) is 0 Å². The van der Waals surface area contributed by atoms with Gasteiger partial charge in [0.15, 0.2) is 11.3 Å². The minimum Gasteiger partial charge on any atom is -0.422 e. The van der Waals surface area contributed by atoms with Gasteiger partial charge in [0.2, 0.25) is 6.39 Å². The summed E-state index contributed by atoms with van der Waals surface area (Å²) >= 11 is 0. The van der Waals surface area contributed by atoms with E-state index in [9.17, 15) is 26.3 Å². The van der Waals surface area contributed by atoms with E-state index in [0.717, 1.165) is 23.2 Å². The number of imidazole rings is 1. The Balaban J connectivity index is 2.09. The van der Waals surface area contributed by atoms with E-state index in [1.165, 1.54) is 0 Å². The number of fused-ring (bicyclic) bond motifs is 3. The maximum absolute atomic E-state index is 13.2. The predicted molar refractivity (Wildman–Crippen MR) is 71.6 cm³/mol. The molecule has 13 heteroatoms. The topological polar surface area (TPSA) is 82.0 Å². The molecule has 0 N–H and O–H groups in total. The van der Waals surface area contributed by atoms with Crippen LogP contribution in [0, 0.1) is 0 Å². The third-order valence-corrected chi connectivity index (χ3v) is 3.42. The molecule has 0 saturated heterocycles. The highest BCUT2D eigenvalue weighted by Gasteiger charge is 2.40. The van der Waals surface area contributed by atoms with Gasteiger partial charge in [-0.05, 0) is 6.07 Å². The van der Waals surface area contributed by atoms with Crippen LogP contribution in [-0.2, 0) is 12.4 Å². The molecule has 4 aromatic rings. The van der Waals surface area contributed by atoms with Gasteiger partial charge in [0.1, 0.15) is 16.9 Å². The van der Waals surface area contributed by atoms with Crippen molar-refractivity contribution >= 4 is 16.8 Å². The predicted octanol–water partition coefficient (Wildman–Crippen LogP) is 3.37. The first-order valence-corrected chi connectivity index (χ1v) is 6.74. The van der Waals surface area contributed by atoms with Gasteiger partial charge in [0.05, 0.1) is 11.8 Å². The largest absolute Gasteiger partial charge is 0.433 e. The van der Waals surface area contributed by atoms with E-state index in [0.29, 0.717) is 0 Å². The van der Waals surface area contributed by atoms with Crippen molar-refractivity contribution in [3.8, 4) is 11.6 Å². The highest BCUT2D eigenvalue weighted by atomic mass is 19.4. The smallest absolute Gasteiger partial charge is 0.422 e. The molecule has 0 atom stereocenters. The van der Waals surface area contributed by atoms with E-state index >= 15 is 0 Å². The summed E-state index contributed by atoms with van der Waals surface area (Å²) in [6, 6.07) is -0.0724. The van der Waals surface area contributed by atoms with Crippen LogP contribution in [0.1, 0.15) is 11.3 Å². The maximum atomic E-state index is 13.2. The molecule has 4 aromatic heterocycles. The SMILES string of the molecule is FC(F)(F)c1cc(C(F)(F)F)c2ncc3nc(-c4nnco4)cn3c2n1. The number of aromatic nitrogens is 6. The molecule has 0 spiro atoms. The van der Waals surface area contributed by atoms with Crippen LogP contribution in [0.4, 0.5) is 26.3 Å². The number of alkyl halides is 6. The summed E-state index contributed by atoms with van der Waals surface area (Å²) in [4.78, 5) is 10.9. The highest BCUT2D eigenvalue weighted by molar-refractivity contribution is 5.79. The van der Waals surface area contributed by atoms with Crippen LogP contribution < -0.4 is 0 Å². The minimum atomic E-state index is -5.08. The maximum Gasteiger partial charge on any atom is 0.433 e. The van der Waals surface area contributed by atoms with Crippen LogP contribution in [0.25, 0.3) is 28.4 Å². The van der Waals surface area contributed by atoms with Crippen molar-refractivity contribution in [2.75, 3.05) is 0 Å². The zero-order chi connectivity index (χ0) is 18.7. The zero-order valence-corrected chi connectivity index (χ0v) is 12.2. The number of pyridine rings is 1. The number of halogens is 6. The van der Waals surface area contributed by atoms with Crippen LogP contribution in [-0.4, -0.2) is 29.5 Å². The van der Waals surface area contributed by atoms with Crippen LogP contribution in [0.15, 0.2) is 29.3 Å². The van der Waals surface area contributed by atoms with E-state index in [-0.39, 0.29) is 23.3 Å². The normalized spacial score (nSPS) is 13.0. The van der Waals surface area contributed by atoms with Crippen molar-refractivity contribution in [2.45, 2.75) is 12.4 Å². The fourth-order valence-electron chi connectivity index (χ4n) is 2.35. The van der Waals surface area contributed by atoms with Gasteiger partial charge in [-0.15, -0.1) is 10.2 Å². The van der Waals surface area contributed by atoms with Gasteiger partial charge in [-0.25, -0.2) is 15.0 Å². The number of nitrogens with zero attached hydrogens (tertiary/aromatic N) is 6. The summed E-state index contributed by atoms with van der Waals surface area (Å²) in [6.07, 6.45) is -7.02. The summed E-state index contributed by atoms with van der Waals surface area (Å²) < 4.78 is 84.5. The number of rotatable bonds is 1. The molecule has 0 amide bonds. The van der Waals surface area contributed by atoms with E-state index < -0.39 is 34.8 Å². The van der Waals surface area contributed by atoms with Gasteiger partial charge in [-0.3, -0.25) is 4.40 Å². The lowest BCUT2D eigenvalue weighted by Gasteiger charge is -2.13. The number of hydrogen-bond donors (Lipinski definition) is 0. The summed E-state index contributed by atoms with van der Waals surface area (Å²) in [5.41, 5.74) is -4.63. The Bertz CT molecular complexity index is 1110. The zero-order valence-electron chi connectivity index (χ0n) is 12.2. The molecule has 0 aliphatic heterocycles. The molecule has 0 unspecified atom stereocenters. The van der Waals surface area contributed by atoms with Gasteiger partial charge in [0.25, 0.3) is 5.89 Å². The molecule has 0 aromatic carbocycles. The average molecular weight is 374 g/mol. The first kappa shape index (κ1) is 16.2. The van der Waals surface area contributed by atoms with Crippen LogP contribution in [0.5, 0.6) is 0 Å². The van der Waals surface area contributed by atoms with E-state index in [2.05, 4.69) is 25.1 Å². The van der Waals surface area contributed by atoms with Crippen molar-refractivity contribution in [3.63, 3.8) is 0 Å². The molecule has 0 fully saturated rings. The summed E-state index contributed by atoms with van der Waals surface area (Å²) in [7, 11) is 0. The molecular weight excluding hydrogens is 370 g/mol. The molecule has 4 heterocycles. The Morgan fingerprint density at radius 2 is 1.77 bits per heavy atom. The first-order valence-electron chi connectivity index (χ1n) is 6.74. The Morgan fingerprint density at radius 3 is 2.38 bits per heavy atom. The summed E-state index contributed by atoms with van der Waals surface area (Å²) in [6.45, 7) is 0. The molecule has 134 valence electrons. The molecule has 26 heavy (non-hydrogen) atoms. The van der Waals surface area contributed by atoms with Gasteiger partial charge < -0.3 is 4.42 Å². The summed E-state index contributed by atoms with van der Waals surface area (Å²) in [5, 5.41) is 7.01. The number of hydrogen-bond acceptors (Lipinski definition) is 6. The van der Waals surface area contributed by atoms with Crippen molar-refractivity contribution in [1.82, 2.24) is 29.5 Å². The fourth-order valence-corrected chi connectivity index (χ4v) is 2.35. The van der Waals surface area contributed by atoms with Gasteiger partial charge >= 0.3 is 12.4 Å². The molecule has 0 aliphatic rings. The quantitative estimate of drug-likeness (QED) is 0.475. The second-order valence-corrected chi connectivity index (χ2v) is 5.08. The molecule has 0 saturated carbocycles. The second-order valence-electron chi connectivity index (χ2n) is 5.08. The lowest BCUT2D eigenvalue weighted by atomic mass is 10.2. The van der Waals surface area contributed by atoms with E-state index in [1.807, 2.05) is 0 Å². The van der Waals surface area contributed by atoms with E-state index in [1.54, 1.807) is 0 Å². The minimum absolute atomic E-state index is 0.0364. The standard InChI is InChI=1S/C13H4F6N6O/c14-12(15,16)5-1-7(13(17,18)19)23-10-9(5)20-2-8-22-6(3-25(8)10)11-24-21-4-26-11/h1-4H. The lowest BCUT2D eigenvalue weighted by Crippen LogP contribution is -2.15. The van der Waals surface area contributed by atoms with Crippen molar-refractivity contribution < 1.29 is 30.8 Å². The van der Waals surface area contributed by atoms with Gasteiger partial charge in [-0.2, -0.15) is 26.3 Å². The molecule has 7 nitrogen and oxygen atoms in total. The summed E-state index contributed by atoms with van der Waals surface area (Å²) in [5.74, 6) is -0.0649. The first-order chi connectivity index (χ1) is 12.1. The monoisotopic (exact) mass is 374 g/mol. The van der Waals surface area contributed by atoms with Crippen LogP contribution in [0.3, 0.4) is 0 Å². The van der Waals surface area contributed by atoms with Crippen molar-refractivity contribution in [2.24, 2.45) is 0 Å². The van der Waals surface area contributed by atoms with E-state index in [4.69, 9.17) is 4.42 Å². The Morgan fingerprint density at radius 1 is 1.00 bits per heavy atom. The molecular formula is C13H4F6N6O. The molecule has 4 rings (SSSR count). The third kappa shape index (κ3) is 2.51. The van der Waals surface area contributed by atoms with Gasteiger partial charge in [-0.1, -0.05) is 0 Å². The third-order valence-electron chi connectivity index (χ3n) is 3.42. The fraction of sp³-hybridized carbons (Fsp3) is 0.154.